The van der Waals surface area contributed by atoms with Gasteiger partial charge in [-0.15, -0.1) is 0 Å². The molecule has 0 aromatic carbocycles. The van der Waals surface area contributed by atoms with E-state index in [2.05, 4.69) is 20.3 Å². The SMILES string of the molecule is CC[C@@H]1NC(=O)[C@@H]2[C@@H]([C@H](C)CCCCOC(=O)OC)ON2C(=O)[C@H](C(C)C)N(C)C(=O)[C@H](CC(C)C)N(C)C(=O)[C@H](CC(C)C)N(C)C(=O)[C@@H](C)NC(=O)[C@H](C)CC(=O)[C@H](CC(C)C)N(C)C(=O)[C@H](C(C)C)CC(=O)[C@H]([C@@H](C)OCCCCN2CCOCC2)N(C)C(=O)[C@@H](C)N(C)C1=O. The van der Waals surface area contributed by atoms with Crippen molar-refractivity contribution in [2.24, 2.45) is 47.3 Å². The van der Waals surface area contributed by atoms with E-state index in [1.165, 1.54) is 92.6 Å². The van der Waals surface area contributed by atoms with E-state index in [0.29, 0.717) is 38.9 Å². The normalized spacial score (nSPS) is 27.8. The predicted molar refractivity (Wildman–Crippen MR) is 374 cm³/mol. The van der Waals surface area contributed by atoms with E-state index in [9.17, 15) is 24.0 Å². The Morgan fingerprint density at radius 3 is 1.61 bits per heavy atom. The van der Waals surface area contributed by atoms with Gasteiger partial charge in [-0.05, 0) is 121 Å². The third kappa shape index (κ3) is 24.4. The number of hydroxylamine groups is 2. The van der Waals surface area contributed by atoms with Crippen molar-refractivity contribution >= 4 is 70.9 Å². The first-order valence-corrected chi connectivity index (χ1v) is 36.2. The second kappa shape index (κ2) is 41.0. The quantitative estimate of drug-likeness (QED) is 0.0981. The van der Waals surface area contributed by atoms with Crippen LogP contribution in [0.25, 0.3) is 0 Å². The Bertz CT molecular complexity index is 2710. The fourth-order valence-electron chi connectivity index (χ4n) is 13.4. The van der Waals surface area contributed by atoms with Crippen molar-refractivity contribution in [1.29, 1.82) is 0 Å². The average Bonchev–Trinajstić information content (AvgIpc) is 0.755. The molecule has 3 saturated heterocycles. The number of rotatable bonds is 22. The number of hydrogen-bond acceptors (Lipinski definition) is 18. The van der Waals surface area contributed by atoms with Crippen LogP contribution in [0.3, 0.4) is 0 Å². The molecule has 99 heavy (non-hydrogen) atoms. The second-order valence-electron chi connectivity index (χ2n) is 29.9. The summed E-state index contributed by atoms with van der Waals surface area (Å²) >= 11 is 0. The van der Waals surface area contributed by atoms with E-state index in [0.717, 1.165) is 31.1 Å². The highest BCUT2D eigenvalue weighted by atomic mass is 16.7. The molecule has 27 nitrogen and oxygen atoms in total. The van der Waals surface area contributed by atoms with Gasteiger partial charge in [-0.3, -0.25) is 62.5 Å². The number of amides is 9. The maximum atomic E-state index is 15.3. The summed E-state index contributed by atoms with van der Waals surface area (Å²) in [5.74, 6) is -10.6. The first-order chi connectivity index (χ1) is 46.3. The van der Waals surface area contributed by atoms with Crippen LogP contribution >= 0.6 is 0 Å². The number of likely N-dealkylation sites (N-methyl/N-ethyl adjacent to an activating group) is 6. The lowest BCUT2D eigenvalue weighted by molar-refractivity contribution is -0.322. The number of carbonyl (C=O) groups excluding carboxylic acids is 12. The third-order valence-electron chi connectivity index (χ3n) is 19.8. The first-order valence-electron chi connectivity index (χ1n) is 36.2. The molecule has 2 N–H and O–H groups in total. The molecule has 0 bridgehead atoms. The van der Waals surface area contributed by atoms with E-state index < -0.39 is 167 Å². The maximum Gasteiger partial charge on any atom is 0.507 e. The number of methoxy groups -OCH3 is 1. The lowest BCUT2D eigenvalue weighted by atomic mass is 9.85. The number of morpholine rings is 1. The van der Waals surface area contributed by atoms with Gasteiger partial charge in [0.15, 0.2) is 17.6 Å². The molecule has 3 heterocycles. The largest absolute Gasteiger partial charge is 0.507 e. The van der Waals surface area contributed by atoms with Crippen LogP contribution in [0.1, 0.15) is 181 Å². The fraction of sp³-hybridized carbons (Fsp3) is 0.833. The minimum absolute atomic E-state index is 0.0260. The summed E-state index contributed by atoms with van der Waals surface area (Å²) in [5, 5.41) is 6.56. The van der Waals surface area contributed by atoms with Crippen LogP contribution in [0.2, 0.25) is 0 Å². The van der Waals surface area contributed by atoms with Crippen LogP contribution in [-0.4, -0.2) is 272 Å². The van der Waals surface area contributed by atoms with Crippen molar-refractivity contribution in [2.45, 2.75) is 248 Å². The summed E-state index contributed by atoms with van der Waals surface area (Å²) < 4.78 is 21.6. The minimum Gasteiger partial charge on any atom is -0.438 e. The molecule has 0 aromatic heterocycles. The van der Waals surface area contributed by atoms with Crippen LogP contribution in [0.4, 0.5) is 4.79 Å². The van der Waals surface area contributed by atoms with Crippen molar-refractivity contribution in [3.8, 4) is 0 Å². The molecule has 0 unspecified atom stereocenters. The monoisotopic (exact) mass is 1400 g/mol. The Balaban J connectivity index is 2.29. The third-order valence-corrected chi connectivity index (χ3v) is 19.8. The van der Waals surface area contributed by atoms with E-state index in [1.54, 1.807) is 48.5 Å². The van der Waals surface area contributed by atoms with Gasteiger partial charge in [0.1, 0.15) is 48.4 Å². The molecule has 0 saturated carbocycles. The van der Waals surface area contributed by atoms with Crippen LogP contribution in [-0.2, 0) is 76.5 Å². The topological polar surface area (TPSA) is 301 Å². The number of Topliss-reactive ketones (excluding diaryl/α,β-unsaturated/α-hetero) is 2. The summed E-state index contributed by atoms with van der Waals surface area (Å²) in [6.07, 6.45) is -0.0175. The predicted octanol–water partition coefficient (Wildman–Crippen LogP) is 5.62. The van der Waals surface area contributed by atoms with E-state index >= 15 is 33.6 Å². The van der Waals surface area contributed by atoms with Gasteiger partial charge < -0.3 is 59.0 Å². The molecular formula is C72H126N10O17. The Kier molecular flexibility index (Phi) is 35.9. The zero-order valence-electron chi connectivity index (χ0n) is 64.2. The van der Waals surface area contributed by atoms with Crippen LogP contribution in [0.5, 0.6) is 0 Å². The molecule has 3 aliphatic heterocycles. The Morgan fingerprint density at radius 1 is 0.545 bits per heavy atom. The fourth-order valence-corrected chi connectivity index (χ4v) is 13.4. The van der Waals surface area contributed by atoms with Crippen molar-refractivity contribution in [3.05, 3.63) is 0 Å². The molecule has 0 aliphatic carbocycles. The van der Waals surface area contributed by atoms with Crippen molar-refractivity contribution in [3.63, 3.8) is 0 Å². The Hall–Kier alpha value is -6.32. The average molecular weight is 1400 g/mol. The van der Waals surface area contributed by atoms with Gasteiger partial charge >= 0.3 is 6.16 Å². The molecule has 9 amide bonds. The summed E-state index contributed by atoms with van der Waals surface area (Å²) in [7, 11) is 9.95. The lowest BCUT2D eigenvalue weighted by Crippen LogP contribution is -2.72. The second-order valence-corrected chi connectivity index (χ2v) is 29.9. The molecule has 0 radical (unpaired) electrons. The number of nitrogens with zero attached hydrogens (tertiary/aromatic N) is 8. The first kappa shape index (κ1) is 86.9. The highest BCUT2D eigenvalue weighted by molar-refractivity contribution is 6.00. The minimum atomic E-state index is -1.36. The number of carbonyl (C=O) groups is 12. The maximum absolute atomic E-state index is 15.3. The zero-order chi connectivity index (χ0) is 75.2. The van der Waals surface area contributed by atoms with Crippen LogP contribution < -0.4 is 10.6 Å². The number of ketones is 2. The summed E-state index contributed by atoms with van der Waals surface area (Å²) in [4.78, 5) is 192. The van der Waals surface area contributed by atoms with Crippen LogP contribution in [0, 0.1) is 47.3 Å². The molecular weight excluding hydrogens is 1280 g/mol. The van der Waals surface area contributed by atoms with E-state index in [1.807, 2.05) is 48.5 Å². The number of nitrogens with one attached hydrogen (secondary N) is 2. The van der Waals surface area contributed by atoms with E-state index in [-0.39, 0.29) is 69.5 Å². The molecule has 0 aromatic rings. The Morgan fingerprint density at radius 2 is 1.07 bits per heavy atom. The van der Waals surface area contributed by atoms with Gasteiger partial charge in [-0.1, -0.05) is 90.0 Å². The van der Waals surface area contributed by atoms with Gasteiger partial charge in [0, 0.05) is 86.7 Å². The summed E-state index contributed by atoms with van der Waals surface area (Å²) in [6, 6.07) is -11.0. The summed E-state index contributed by atoms with van der Waals surface area (Å²) in [6.45, 7) is 32.1. The molecule has 3 fully saturated rings. The van der Waals surface area contributed by atoms with Gasteiger partial charge in [-0.25, -0.2) is 9.86 Å². The van der Waals surface area contributed by atoms with Gasteiger partial charge in [0.05, 0.1) is 39.1 Å². The Labute approximate surface area is 590 Å². The van der Waals surface area contributed by atoms with Crippen molar-refractivity contribution in [1.82, 2.24) is 50.0 Å². The number of hydrogen-bond donors (Lipinski definition) is 2. The highest BCUT2D eigenvalue weighted by Crippen LogP contribution is 2.35. The van der Waals surface area contributed by atoms with Crippen LogP contribution in [0.15, 0.2) is 0 Å². The van der Waals surface area contributed by atoms with Crippen molar-refractivity contribution < 1.29 is 81.3 Å². The van der Waals surface area contributed by atoms with Gasteiger partial charge in [-0.2, -0.15) is 0 Å². The summed E-state index contributed by atoms with van der Waals surface area (Å²) in [5.41, 5.74) is 0. The number of unbranched alkanes of at least 4 members (excludes halogenated alkanes) is 2. The molecule has 566 valence electrons. The molecule has 3 rings (SSSR count). The van der Waals surface area contributed by atoms with E-state index in [4.69, 9.17) is 19.0 Å². The van der Waals surface area contributed by atoms with Gasteiger partial charge in [0.2, 0.25) is 47.3 Å². The van der Waals surface area contributed by atoms with Crippen molar-refractivity contribution in [2.75, 3.05) is 95.5 Å². The highest BCUT2D eigenvalue weighted by Gasteiger charge is 2.55. The van der Waals surface area contributed by atoms with Gasteiger partial charge in [0.25, 0.3) is 5.91 Å². The smallest absolute Gasteiger partial charge is 0.438 e. The zero-order valence-corrected chi connectivity index (χ0v) is 64.2. The molecule has 0 spiro atoms. The molecule has 3 aliphatic rings. The lowest BCUT2D eigenvalue weighted by Gasteiger charge is -2.50. The number of fused-ring (bicyclic) bond motifs is 1. The molecule has 14 atom stereocenters. The standard InChI is InChI=1S/C72H126N10O17/c1-24-53-68(90)75(17)50(15)66(88)80(22)60(51(16)97-33-28-26-30-81-31-35-96-36-32-81)58(84)41-52(45(8)9)67(89)76(18)54(37-42(2)3)57(83)40-48(13)63(85)73-49(14)65(87)77(19)55(38-43(4)5)69(91)78(20)56(39-44(6)7)70(92)79(21)59(46(10)11)71(93)82-61(64(86)74-53)62(99-82)47(12)29-25-27-34-98-72(94)95-23/h42-56,59-62H,24-41H2,1-23H3,(H,73,85)(H,74,86)/t47-,48-,49-,50-,51-,52+,53+,54+,55+,56+,59+,60+,61+,62-/m1/s1. The number of ether oxygens (including phenoxy) is 4. The molecule has 27 heteroatoms.